The first kappa shape index (κ1) is 40.9. The van der Waals surface area contributed by atoms with Crippen LogP contribution in [0.3, 0.4) is 0 Å². The number of aliphatic hydroxyl groups is 1. The molecule has 2 aromatic carbocycles. The molecule has 0 radical (unpaired) electrons. The molecule has 1 saturated heterocycles. The Hall–Kier alpha value is -3.86. The number of rotatable bonds is 24. The Balaban J connectivity index is 0.957. The van der Waals surface area contributed by atoms with Crippen LogP contribution in [0.25, 0.3) is 0 Å². The van der Waals surface area contributed by atoms with E-state index in [1.165, 1.54) is 11.7 Å². The lowest BCUT2D eigenvalue weighted by Gasteiger charge is -2.15. The number of amides is 1. The number of hydrogen-bond acceptors (Lipinski definition) is 14. The lowest BCUT2D eigenvalue weighted by molar-refractivity contribution is -0.0414. The maximum atomic E-state index is 12.6. The average molecular weight is 744 g/mol. The van der Waals surface area contributed by atoms with Crippen molar-refractivity contribution < 1.29 is 37.9 Å². The molecule has 0 spiro atoms. The third kappa shape index (κ3) is 13.9. The van der Waals surface area contributed by atoms with Crippen LogP contribution in [0.15, 0.2) is 75.8 Å². The van der Waals surface area contributed by atoms with Gasteiger partial charge in [-0.1, -0.05) is 0 Å². The van der Waals surface area contributed by atoms with Gasteiger partial charge in [0.25, 0.3) is 5.91 Å². The highest BCUT2D eigenvalue weighted by molar-refractivity contribution is 7.26. The summed E-state index contributed by atoms with van der Waals surface area (Å²) < 4.78 is 34.4. The molecular weight excluding hydrogens is 693 g/mol. The summed E-state index contributed by atoms with van der Waals surface area (Å²) in [5, 5.41) is 24.1. The summed E-state index contributed by atoms with van der Waals surface area (Å²) in [5.74, 6) is 0.310. The largest absolute Gasteiger partial charge is 0.394 e. The first-order valence-electron chi connectivity index (χ1n) is 17.2. The molecule has 1 aliphatic rings. The highest BCUT2D eigenvalue weighted by Gasteiger charge is 2.37. The standard InChI is InChI=1S/C35H50N7O9P/c1-41(2)29-12-10-28(11-13-29)40-39-27-8-6-26(7-9-27)34(44)37-16-5-19-48-21-23-49-22-20-47-18-4-15-36-32-14-17-42(35(45)38-32)33-24-30(51-52-46-3)31(25-43)50-33/h6-14,17,30-31,33,43,52H,4-5,15-16,18-25H2,1-3H3,(H,37,44)(H,36,38,45)/b40-39+/t30-,31?,33-/m1/s1. The third-order valence-corrected chi connectivity index (χ3v) is 8.39. The summed E-state index contributed by atoms with van der Waals surface area (Å²) in [6.45, 7) is 3.72. The van der Waals surface area contributed by atoms with Crippen molar-refractivity contribution in [2.24, 2.45) is 10.2 Å². The van der Waals surface area contributed by atoms with E-state index in [1.54, 1.807) is 36.5 Å². The van der Waals surface area contributed by atoms with Crippen molar-refractivity contribution in [1.29, 1.82) is 0 Å². The fraction of sp³-hybridized carbons (Fsp3) is 0.514. The highest BCUT2D eigenvalue weighted by Crippen LogP contribution is 2.33. The van der Waals surface area contributed by atoms with Crippen LogP contribution in [0.2, 0.25) is 0 Å². The fourth-order valence-corrected chi connectivity index (χ4v) is 5.49. The van der Waals surface area contributed by atoms with Crippen molar-refractivity contribution in [3.8, 4) is 0 Å². The van der Waals surface area contributed by atoms with E-state index in [4.69, 9.17) is 28.0 Å². The second-order valence-electron chi connectivity index (χ2n) is 11.9. The Labute approximate surface area is 305 Å². The van der Waals surface area contributed by atoms with Crippen LogP contribution in [-0.4, -0.2) is 113 Å². The van der Waals surface area contributed by atoms with Crippen molar-refractivity contribution in [3.63, 3.8) is 0 Å². The molecular formula is C35H50N7O9P. The van der Waals surface area contributed by atoms with Crippen molar-refractivity contribution >= 4 is 37.8 Å². The Morgan fingerprint density at radius 3 is 2.15 bits per heavy atom. The van der Waals surface area contributed by atoms with E-state index < -0.39 is 18.0 Å². The number of aliphatic hydroxyl groups excluding tert-OH is 1. The normalized spacial score (nSPS) is 17.3. The Morgan fingerprint density at radius 2 is 1.56 bits per heavy atom. The van der Waals surface area contributed by atoms with Gasteiger partial charge in [-0.15, -0.1) is 0 Å². The number of carbonyl (C=O) groups is 1. The average Bonchev–Trinajstić information content (AvgIpc) is 3.57. The number of nitrogens with zero attached hydrogens (tertiary/aromatic N) is 5. The molecule has 2 unspecified atom stereocenters. The van der Waals surface area contributed by atoms with Crippen molar-refractivity contribution in [3.05, 3.63) is 76.8 Å². The molecule has 1 fully saturated rings. The molecule has 52 heavy (non-hydrogen) atoms. The zero-order valence-electron chi connectivity index (χ0n) is 29.9. The van der Waals surface area contributed by atoms with Gasteiger partial charge in [0, 0.05) is 71.4 Å². The van der Waals surface area contributed by atoms with Crippen LogP contribution < -0.4 is 21.2 Å². The van der Waals surface area contributed by atoms with Gasteiger partial charge >= 0.3 is 5.69 Å². The summed E-state index contributed by atoms with van der Waals surface area (Å²) in [6, 6.07) is 16.5. The van der Waals surface area contributed by atoms with Gasteiger partial charge in [-0.25, -0.2) is 4.79 Å². The molecule has 3 aromatic rings. The van der Waals surface area contributed by atoms with Crippen molar-refractivity contribution in [2.75, 3.05) is 90.8 Å². The topological polar surface area (TPSA) is 180 Å². The molecule has 4 rings (SSSR count). The van der Waals surface area contributed by atoms with Gasteiger partial charge in [-0.2, -0.15) is 15.2 Å². The van der Waals surface area contributed by atoms with Gasteiger partial charge in [-0.3, -0.25) is 9.36 Å². The van der Waals surface area contributed by atoms with E-state index in [-0.39, 0.29) is 27.7 Å². The molecule has 1 aliphatic heterocycles. The van der Waals surface area contributed by atoms with Gasteiger partial charge in [-0.05, 0) is 67.4 Å². The number of ether oxygens (including phenoxy) is 4. The van der Waals surface area contributed by atoms with Crippen LogP contribution in [0.1, 0.15) is 35.8 Å². The molecule has 16 nitrogen and oxygen atoms in total. The van der Waals surface area contributed by atoms with Crippen LogP contribution in [0, 0.1) is 0 Å². The van der Waals surface area contributed by atoms with Gasteiger partial charge in [0.15, 0.2) is 9.03 Å². The lowest BCUT2D eigenvalue weighted by Crippen LogP contribution is -2.28. The van der Waals surface area contributed by atoms with E-state index in [0.29, 0.717) is 82.6 Å². The zero-order valence-corrected chi connectivity index (χ0v) is 30.9. The highest BCUT2D eigenvalue weighted by atomic mass is 31.1. The molecule has 3 N–H and O–H groups in total. The number of anilines is 2. The van der Waals surface area contributed by atoms with Gasteiger partial charge in [0.1, 0.15) is 18.1 Å². The van der Waals surface area contributed by atoms with E-state index >= 15 is 0 Å². The molecule has 0 saturated carbocycles. The zero-order chi connectivity index (χ0) is 37.0. The quantitative estimate of drug-likeness (QED) is 0.0677. The first-order chi connectivity index (χ1) is 25.4. The lowest BCUT2D eigenvalue weighted by atomic mass is 10.2. The van der Waals surface area contributed by atoms with E-state index in [9.17, 15) is 14.7 Å². The molecule has 0 aliphatic carbocycles. The van der Waals surface area contributed by atoms with Gasteiger partial charge in [0.05, 0.1) is 50.5 Å². The van der Waals surface area contributed by atoms with Gasteiger partial charge < -0.3 is 48.6 Å². The minimum atomic E-state index is -0.571. The minimum absolute atomic E-state index is 0.153. The molecule has 0 bridgehead atoms. The number of aromatic nitrogens is 2. The Morgan fingerprint density at radius 1 is 0.942 bits per heavy atom. The number of hydrogen-bond donors (Lipinski definition) is 3. The van der Waals surface area contributed by atoms with Crippen molar-refractivity contribution in [2.45, 2.75) is 37.7 Å². The fourth-order valence-electron chi connectivity index (χ4n) is 5.02. The number of carbonyl (C=O) groups excluding carboxylic acids is 1. The van der Waals surface area contributed by atoms with Crippen LogP contribution in [0.4, 0.5) is 22.9 Å². The Kier molecular flexibility index (Phi) is 18.0. The molecule has 4 atom stereocenters. The van der Waals surface area contributed by atoms with Gasteiger partial charge in [0.2, 0.25) is 0 Å². The second-order valence-corrected chi connectivity index (χ2v) is 12.7. The number of benzene rings is 2. The maximum Gasteiger partial charge on any atom is 0.351 e. The predicted molar refractivity (Wildman–Crippen MR) is 198 cm³/mol. The molecule has 1 aromatic heterocycles. The maximum absolute atomic E-state index is 12.6. The first-order valence-corrected chi connectivity index (χ1v) is 18.0. The Bertz CT molecular complexity index is 1560. The van der Waals surface area contributed by atoms with Crippen LogP contribution in [0.5, 0.6) is 0 Å². The molecule has 284 valence electrons. The second kappa shape index (κ2) is 22.9. The number of azo groups is 1. The summed E-state index contributed by atoms with van der Waals surface area (Å²) in [5.41, 5.74) is 2.61. The van der Waals surface area contributed by atoms with Crippen LogP contribution >= 0.6 is 9.03 Å². The number of nitrogens with one attached hydrogen (secondary N) is 2. The minimum Gasteiger partial charge on any atom is -0.394 e. The predicted octanol–water partition coefficient (Wildman–Crippen LogP) is 4.22. The molecule has 2 heterocycles. The third-order valence-electron chi connectivity index (χ3n) is 7.83. The van der Waals surface area contributed by atoms with E-state index in [2.05, 4.69) is 25.8 Å². The SMILES string of the molecule is COPO[C@@H]1C[C@H](n2ccc(NCCCOCCOCCOCCCNC(=O)c3ccc(/N=N/c4ccc(N(C)C)cc4)cc3)nc2=O)OC1CO. The monoisotopic (exact) mass is 743 g/mol. The molecule has 1 amide bonds. The van der Waals surface area contributed by atoms with E-state index in [0.717, 1.165) is 17.8 Å². The summed E-state index contributed by atoms with van der Waals surface area (Å²) in [6.07, 6.45) is 1.96. The summed E-state index contributed by atoms with van der Waals surface area (Å²) >= 11 is 0. The summed E-state index contributed by atoms with van der Waals surface area (Å²) in [7, 11) is 5.33. The smallest absolute Gasteiger partial charge is 0.351 e. The van der Waals surface area contributed by atoms with Crippen molar-refractivity contribution in [1.82, 2.24) is 14.9 Å². The molecule has 17 heteroatoms. The van der Waals surface area contributed by atoms with E-state index in [1.807, 2.05) is 43.3 Å². The summed E-state index contributed by atoms with van der Waals surface area (Å²) in [4.78, 5) is 31.1. The van der Waals surface area contributed by atoms with Crippen LogP contribution in [-0.2, 0) is 28.0 Å².